The Morgan fingerprint density at radius 3 is 2.79 bits per heavy atom. The van der Waals surface area contributed by atoms with Crippen molar-refractivity contribution in [2.24, 2.45) is 7.05 Å². The molecule has 0 unspecified atom stereocenters. The standard InChI is InChI=1S/C22H24N4OS/c1-26-20(14-16-8-3-2-4-9-16)24-25-22(26)28-15-21(27)23-19-13-7-11-17-10-5-6-12-18(17)19/h2-6,8-10,12,19H,7,11,13-15H2,1H3,(H,23,27)/t19-/m0/s1. The SMILES string of the molecule is Cn1c(Cc2ccccc2)nnc1SCC(=O)N[C@H]1CCCc2ccccc21. The van der Waals surface area contributed by atoms with Gasteiger partial charge in [0.2, 0.25) is 5.91 Å². The molecule has 0 fully saturated rings. The van der Waals surface area contributed by atoms with E-state index in [0.717, 1.165) is 36.7 Å². The van der Waals surface area contributed by atoms with Gasteiger partial charge >= 0.3 is 0 Å². The molecule has 1 atom stereocenters. The number of aromatic nitrogens is 3. The van der Waals surface area contributed by atoms with Gasteiger partial charge in [0.05, 0.1) is 11.8 Å². The number of aryl methyl sites for hydroxylation is 1. The maximum absolute atomic E-state index is 12.5. The number of rotatable bonds is 6. The fraction of sp³-hybridized carbons (Fsp3) is 0.318. The predicted octanol–water partition coefficient (Wildman–Crippen LogP) is 3.69. The van der Waals surface area contributed by atoms with Gasteiger partial charge in [-0.15, -0.1) is 10.2 Å². The van der Waals surface area contributed by atoms with Crippen LogP contribution in [0.1, 0.15) is 41.4 Å². The predicted molar refractivity (Wildman–Crippen MR) is 111 cm³/mol. The van der Waals surface area contributed by atoms with E-state index in [2.05, 4.69) is 45.8 Å². The lowest BCUT2D eigenvalue weighted by atomic mass is 9.88. The highest BCUT2D eigenvalue weighted by Gasteiger charge is 2.21. The van der Waals surface area contributed by atoms with Crippen LogP contribution in [0.2, 0.25) is 0 Å². The van der Waals surface area contributed by atoms with Crippen LogP contribution in [0.4, 0.5) is 0 Å². The van der Waals surface area contributed by atoms with Gasteiger partial charge in [0.1, 0.15) is 5.82 Å². The average molecular weight is 393 g/mol. The number of nitrogens with one attached hydrogen (secondary N) is 1. The summed E-state index contributed by atoms with van der Waals surface area (Å²) in [6, 6.07) is 18.7. The summed E-state index contributed by atoms with van der Waals surface area (Å²) >= 11 is 1.43. The van der Waals surface area contributed by atoms with E-state index in [1.54, 1.807) is 0 Å². The maximum atomic E-state index is 12.5. The molecule has 6 heteroatoms. The number of carbonyl (C=O) groups is 1. The zero-order chi connectivity index (χ0) is 19.3. The maximum Gasteiger partial charge on any atom is 0.230 e. The molecule has 0 spiro atoms. The van der Waals surface area contributed by atoms with Crippen LogP contribution in [-0.2, 0) is 24.7 Å². The van der Waals surface area contributed by atoms with E-state index in [9.17, 15) is 4.79 Å². The Morgan fingerprint density at radius 1 is 1.14 bits per heavy atom. The summed E-state index contributed by atoms with van der Waals surface area (Å²) in [5.41, 5.74) is 3.81. The number of amides is 1. The number of carbonyl (C=O) groups excluding carboxylic acids is 1. The van der Waals surface area contributed by atoms with Gasteiger partial charge in [0.25, 0.3) is 0 Å². The number of benzene rings is 2. The third-order valence-corrected chi connectivity index (χ3v) is 6.19. The highest BCUT2D eigenvalue weighted by atomic mass is 32.2. The molecular formula is C22H24N4OS. The van der Waals surface area contributed by atoms with Crippen molar-refractivity contribution in [1.29, 1.82) is 0 Å². The van der Waals surface area contributed by atoms with E-state index >= 15 is 0 Å². The molecule has 1 amide bonds. The van der Waals surface area contributed by atoms with Crippen LogP contribution in [-0.4, -0.2) is 26.4 Å². The third-order valence-electron chi connectivity index (χ3n) is 5.17. The summed E-state index contributed by atoms with van der Waals surface area (Å²) in [4.78, 5) is 12.5. The van der Waals surface area contributed by atoms with E-state index in [4.69, 9.17) is 0 Å². The lowest BCUT2D eigenvalue weighted by molar-refractivity contribution is -0.119. The summed E-state index contributed by atoms with van der Waals surface area (Å²) in [6.45, 7) is 0. The second kappa shape index (κ2) is 8.61. The van der Waals surface area contributed by atoms with Crippen LogP contribution in [0.15, 0.2) is 59.8 Å². The zero-order valence-electron chi connectivity index (χ0n) is 16.0. The Hall–Kier alpha value is -2.60. The third kappa shape index (κ3) is 4.28. The van der Waals surface area contributed by atoms with Gasteiger partial charge in [0.15, 0.2) is 5.16 Å². The first-order valence-corrected chi connectivity index (χ1v) is 10.6. The number of thioether (sulfide) groups is 1. The van der Waals surface area contributed by atoms with Crippen molar-refractivity contribution >= 4 is 17.7 Å². The molecule has 2 aromatic carbocycles. The summed E-state index contributed by atoms with van der Waals surface area (Å²) in [5.74, 6) is 1.28. The molecule has 3 aromatic rings. The Bertz CT molecular complexity index is 954. The molecule has 1 N–H and O–H groups in total. The van der Waals surface area contributed by atoms with Crippen molar-refractivity contribution in [3.05, 3.63) is 77.1 Å². The van der Waals surface area contributed by atoms with Crippen LogP contribution in [0, 0.1) is 0 Å². The van der Waals surface area contributed by atoms with Crippen molar-refractivity contribution in [2.45, 2.75) is 36.9 Å². The lowest BCUT2D eigenvalue weighted by Gasteiger charge is -2.26. The quantitative estimate of drug-likeness (QED) is 0.650. The van der Waals surface area contributed by atoms with Crippen LogP contribution in [0.25, 0.3) is 0 Å². The molecule has 28 heavy (non-hydrogen) atoms. The first-order valence-electron chi connectivity index (χ1n) is 9.63. The van der Waals surface area contributed by atoms with Gasteiger partial charge in [-0.3, -0.25) is 4.79 Å². The smallest absolute Gasteiger partial charge is 0.230 e. The molecule has 4 rings (SSSR count). The Kier molecular flexibility index (Phi) is 5.76. The normalized spacial score (nSPS) is 15.8. The molecule has 1 aliphatic carbocycles. The molecule has 0 saturated carbocycles. The van der Waals surface area contributed by atoms with Gasteiger partial charge in [0, 0.05) is 13.5 Å². The van der Waals surface area contributed by atoms with E-state index in [0.29, 0.717) is 5.75 Å². The number of hydrogen-bond donors (Lipinski definition) is 1. The molecule has 5 nitrogen and oxygen atoms in total. The molecule has 1 aliphatic rings. The van der Waals surface area contributed by atoms with Gasteiger partial charge in [-0.2, -0.15) is 0 Å². The molecule has 0 radical (unpaired) electrons. The molecule has 0 bridgehead atoms. The summed E-state index contributed by atoms with van der Waals surface area (Å²) in [6.07, 6.45) is 3.94. The van der Waals surface area contributed by atoms with E-state index in [-0.39, 0.29) is 11.9 Å². The number of hydrogen-bond acceptors (Lipinski definition) is 4. The largest absolute Gasteiger partial charge is 0.349 e. The van der Waals surface area contributed by atoms with Gasteiger partial charge in [-0.1, -0.05) is 66.4 Å². The summed E-state index contributed by atoms with van der Waals surface area (Å²) in [5, 5.41) is 12.5. The van der Waals surface area contributed by atoms with Crippen molar-refractivity contribution < 1.29 is 4.79 Å². The van der Waals surface area contributed by atoms with Crippen molar-refractivity contribution in [2.75, 3.05) is 5.75 Å². The van der Waals surface area contributed by atoms with Gasteiger partial charge in [-0.25, -0.2) is 0 Å². The number of fused-ring (bicyclic) bond motifs is 1. The van der Waals surface area contributed by atoms with Gasteiger partial charge < -0.3 is 9.88 Å². The Balaban J connectivity index is 1.34. The Morgan fingerprint density at radius 2 is 1.93 bits per heavy atom. The average Bonchev–Trinajstić information content (AvgIpc) is 3.07. The molecular weight excluding hydrogens is 368 g/mol. The van der Waals surface area contributed by atoms with Crippen molar-refractivity contribution in [3.8, 4) is 0 Å². The first kappa shape index (κ1) is 18.7. The topological polar surface area (TPSA) is 59.8 Å². The lowest BCUT2D eigenvalue weighted by Crippen LogP contribution is -2.32. The molecule has 1 heterocycles. The molecule has 144 valence electrons. The molecule has 1 aromatic heterocycles. The summed E-state index contributed by atoms with van der Waals surface area (Å²) in [7, 11) is 1.95. The van der Waals surface area contributed by atoms with Crippen molar-refractivity contribution in [1.82, 2.24) is 20.1 Å². The van der Waals surface area contributed by atoms with Crippen LogP contribution >= 0.6 is 11.8 Å². The van der Waals surface area contributed by atoms with E-state index in [1.807, 2.05) is 35.9 Å². The first-order chi connectivity index (χ1) is 13.7. The van der Waals surface area contributed by atoms with Crippen molar-refractivity contribution in [3.63, 3.8) is 0 Å². The number of nitrogens with zero attached hydrogens (tertiary/aromatic N) is 3. The highest BCUT2D eigenvalue weighted by Crippen LogP contribution is 2.29. The second-order valence-corrected chi connectivity index (χ2v) is 8.06. The van der Waals surface area contributed by atoms with E-state index in [1.165, 1.54) is 28.5 Å². The van der Waals surface area contributed by atoms with Crippen LogP contribution in [0.5, 0.6) is 0 Å². The zero-order valence-corrected chi connectivity index (χ0v) is 16.8. The fourth-order valence-electron chi connectivity index (χ4n) is 3.67. The minimum atomic E-state index is 0.0410. The molecule has 0 saturated heterocycles. The van der Waals surface area contributed by atoms with Crippen LogP contribution in [0.3, 0.4) is 0 Å². The monoisotopic (exact) mass is 392 g/mol. The minimum Gasteiger partial charge on any atom is -0.349 e. The summed E-state index contributed by atoms with van der Waals surface area (Å²) < 4.78 is 1.97. The minimum absolute atomic E-state index is 0.0410. The van der Waals surface area contributed by atoms with Gasteiger partial charge in [-0.05, 0) is 36.0 Å². The Labute approximate surface area is 169 Å². The van der Waals surface area contributed by atoms with E-state index < -0.39 is 0 Å². The fourth-order valence-corrected chi connectivity index (χ4v) is 4.41. The van der Waals surface area contributed by atoms with Crippen LogP contribution < -0.4 is 5.32 Å². The second-order valence-electron chi connectivity index (χ2n) is 7.12. The molecule has 0 aliphatic heterocycles. The highest BCUT2D eigenvalue weighted by molar-refractivity contribution is 7.99.